The zero-order chi connectivity index (χ0) is 10.3. The third kappa shape index (κ3) is 1.33. The summed E-state index contributed by atoms with van der Waals surface area (Å²) >= 11 is 0. The largest absolute Gasteiger partial charge is 0.497 e. The molecule has 0 spiro atoms. The van der Waals surface area contributed by atoms with Crippen LogP contribution in [0.2, 0.25) is 0 Å². The fraction of sp³-hybridized carbons (Fsp3) is 0.364. The Morgan fingerprint density at radius 2 is 2.27 bits per heavy atom. The number of benzene rings is 1. The number of hydrogen-bond donors (Lipinski definition) is 0. The number of rotatable bonds is 2. The Morgan fingerprint density at radius 3 is 2.93 bits per heavy atom. The molecule has 0 radical (unpaired) electrons. The van der Waals surface area contributed by atoms with E-state index in [1.807, 2.05) is 18.2 Å². The van der Waals surface area contributed by atoms with Gasteiger partial charge >= 0.3 is 0 Å². The standard InChI is InChI=1S/C11H12N2O2/c1-14-8-3-4-10-9(7-8)12-11(15-10)13-5-2-6-13/h3-4,7H,2,5-6H2,1H3. The predicted molar refractivity (Wildman–Crippen MR) is 57.4 cm³/mol. The first-order valence-electron chi connectivity index (χ1n) is 5.06. The number of methoxy groups -OCH3 is 1. The molecule has 0 atom stereocenters. The summed E-state index contributed by atoms with van der Waals surface area (Å²) in [5.74, 6) is 0.811. The third-order valence-corrected chi connectivity index (χ3v) is 2.71. The van der Waals surface area contributed by atoms with E-state index in [9.17, 15) is 0 Å². The summed E-state index contributed by atoms with van der Waals surface area (Å²) in [7, 11) is 1.65. The van der Waals surface area contributed by atoms with Gasteiger partial charge in [0.05, 0.1) is 7.11 Å². The van der Waals surface area contributed by atoms with Crippen LogP contribution in [0.1, 0.15) is 6.42 Å². The number of ether oxygens (including phenoxy) is 1. The van der Waals surface area contributed by atoms with Crippen molar-refractivity contribution in [3.8, 4) is 5.75 Å². The number of hydrogen-bond acceptors (Lipinski definition) is 4. The van der Waals surface area contributed by atoms with Crippen molar-refractivity contribution in [3.05, 3.63) is 18.2 Å². The van der Waals surface area contributed by atoms with Crippen LogP contribution in [-0.2, 0) is 0 Å². The summed E-state index contributed by atoms with van der Waals surface area (Å²) in [4.78, 5) is 6.55. The van der Waals surface area contributed by atoms with Crippen molar-refractivity contribution in [1.29, 1.82) is 0 Å². The summed E-state index contributed by atoms with van der Waals surface area (Å²) in [6.45, 7) is 2.09. The summed E-state index contributed by atoms with van der Waals surface area (Å²) < 4.78 is 10.8. The Balaban J connectivity index is 2.04. The highest BCUT2D eigenvalue weighted by atomic mass is 16.5. The van der Waals surface area contributed by atoms with Gasteiger partial charge in [0.1, 0.15) is 11.3 Å². The first kappa shape index (κ1) is 8.59. The SMILES string of the molecule is COc1ccc2oc(N3CCC3)nc2c1. The van der Waals surface area contributed by atoms with E-state index in [0.717, 1.165) is 36.0 Å². The van der Waals surface area contributed by atoms with Gasteiger partial charge < -0.3 is 14.1 Å². The topological polar surface area (TPSA) is 38.5 Å². The van der Waals surface area contributed by atoms with E-state index < -0.39 is 0 Å². The van der Waals surface area contributed by atoms with Gasteiger partial charge in [0.15, 0.2) is 5.58 Å². The Kier molecular flexibility index (Phi) is 1.80. The number of oxazole rings is 1. The van der Waals surface area contributed by atoms with Gasteiger partial charge in [0.2, 0.25) is 0 Å². The van der Waals surface area contributed by atoms with E-state index in [0.29, 0.717) is 0 Å². The smallest absolute Gasteiger partial charge is 0.298 e. The molecule has 1 aliphatic heterocycles. The fourth-order valence-corrected chi connectivity index (χ4v) is 1.66. The van der Waals surface area contributed by atoms with Gasteiger partial charge in [-0.3, -0.25) is 0 Å². The second-order valence-corrected chi connectivity index (χ2v) is 3.67. The van der Waals surface area contributed by atoms with Crippen LogP contribution in [0.3, 0.4) is 0 Å². The van der Waals surface area contributed by atoms with E-state index in [2.05, 4.69) is 9.88 Å². The molecule has 1 aromatic heterocycles. The van der Waals surface area contributed by atoms with Gasteiger partial charge in [0, 0.05) is 19.2 Å². The van der Waals surface area contributed by atoms with Gasteiger partial charge in [-0.05, 0) is 18.6 Å². The second kappa shape index (κ2) is 3.15. The first-order valence-corrected chi connectivity index (χ1v) is 5.06. The number of aromatic nitrogens is 1. The van der Waals surface area contributed by atoms with Crippen LogP contribution in [0.5, 0.6) is 5.75 Å². The molecular formula is C11H12N2O2. The molecule has 1 aromatic carbocycles. The molecule has 0 amide bonds. The van der Waals surface area contributed by atoms with Crippen LogP contribution >= 0.6 is 0 Å². The number of fused-ring (bicyclic) bond motifs is 1. The molecule has 1 saturated heterocycles. The first-order chi connectivity index (χ1) is 7.36. The van der Waals surface area contributed by atoms with Crippen molar-refractivity contribution in [2.24, 2.45) is 0 Å². The van der Waals surface area contributed by atoms with Crippen molar-refractivity contribution >= 4 is 17.1 Å². The summed E-state index contributed by atoms with van der Waals surface area (Å²) in [5.41, 5.74) is 1.67. The summed E-state index contributed by atoms with van der Waals surface area (Å²) in [6.07, 6.45) is 1.22. The highest BCUT2D eigenvalue weighted by molar-refractivity contribution is 5.76. The molecule has 2 heterocycles. The summed E-state index contributed by atoms with van der Waals surface area (Å²) in [5, 5.41) is 0. The molecule has 4 nitrogen and oxygen atoms in total. The van der Waals surface area contributed by atoms with Crippen LogP contribution in [0, 0.1) is 0 Å². The van der Waals surface area contributed by atoms with Gasteiger partial charge in [-0.2, -0.15) is 4.98 Å². The second-order valence-electron chi connectivity index (χ2n) is 3.67. The minimum atomic E-state index is 0.726. The Bertz CT molecular complexity index is 488. The fourth-order valence-electron chi connectivity index (χ4n) is 1.66. The molecule has 4 heteroatoms. The van der Waals surface area contributed by atoms with E-state index in [4.69, 9.17) is 9.15 Å². The average molecular weight is 204 g/mol. The highest BCUT2D eigenvalue weighted by Gasteiger charge is 2.19. The maximum atomic E-state index is 5.63. The van der Waals surface area contributed by atoms with Crippen molar-refractivity contribution in [2.75, 3.05) is 25.1 Å². The zero-order valence-electron chi connectivity index (χ0n) is 8.56. The lowest BCUT2D eigenvalue weighted by molar-refractivity contribution is 0.415. The van der Waals surface area contributed by atoms with E-state index in [1.165, 1.54) is 6.42 Å². The molecule has 78 valence electrons. The quantitative estimate of drug-likeness (QED) is 0.750. The predicted octanol–water partition coefficient (Wildman–Crippen LogP) is 2.05. The van der Waals surface area contributed by atoms with E-state index in [1.54, 1.807) is 7.11 Å². The molecule has 0 bridgehead atoms. The van der Waals surface area contributed by atoms with Gasteiger partial charge in [-0.15, -0.1) is 0 Å². The third-order valence-electron chi connectivity index (χ3n) is 2.71. The summed E-state index contributed by atoms with van der Waals surface area (Å²) in [6, 6.07) is 6.39. The number of anilines is 1. The minimum Gasteiger partial charge on any atom is -0.497 e. The van der Waals surface area contributed by atoms with Crippen LogP contribution in [0.15, 0.2) is 22.6 Å². The zero-order valence-corrected chi connectivity index (χ0v) is 8.56. The minimum absolute atomic E-state index is 0.726. The Labute approximate surface area is 87.5 Å². The number of nitrogens with zero attached hydrogens (tertiary/aromatic N) is 2. The molecule has 3 rings (SSSR count). The van der Waals surface area contributed by atoms with Crippen LogP contribution in [-0.4, -0.2) is 25.2 Å². The maximum Gasteiger partial charge on any atom is 0.298 e. The van der Waals surface area contributed by atoms with Gasteiger partial charge in [-0.25, -0.2) is 0 Å². The van der Waals surface area contributed by atoms with Crippen molar-refractivity contribution in [3.63, 3.8) is 0 Å². The van der Waals surface area contributed by atoms with Crippen molar-refractivity contribution in [1.82, 2.24) is 4.98 Å². The molecular weight excluding hydrogens is 192 g/mol. The molecule has 0 aliphatic carbocycles. The average Bonchev–Trinajstić information content (AvgIpc) is 2.56. The molecule has 15 heavy (non-hydrogen) atoms. The molecule has 0 saturated carbocycles. The van der Waals surface area contributed by atoms with Crippen molar-refractivity contribution < 1.29 is 9.15 Å². The monoisotopic (exact) mass is 204 g/mol. The molecule has 2 aromatic rings. The lowest BCUT2D eigenvalue weighted by atomic mass is 10.2. The molecule has 1 aliphatic rings. The Hall–Kier alpha value is -1.71. The van der Waals surface area contributed by atoms with Gasteiger partial charge in [-0.1, -0.05) is 0 Å². The lowest BCUT2D eigenvalue weighted by Crippen LogP contribution is -2.37. The van der Waals surface area contributed by atoms with Crippen LogP contribution in [0.4, 0.5) is 6.01 Å². The molecule has 0 N–H and O–H groups in total. The highest BCUT2D eigenvalue weighted by Crippen LogP contribution is 2.27. The molecule has 0 unspecified atom stereocenters. The Morgan fingerprint density at radius 1 is 1.40 bits per heavy atom. The van der Waals surface area contributed by atoms with E-state index >= 15 is 0 Å². The maximum absolute atomic E-state index is 5.63. The normalized spacial score (nSPS) is 15.4. The van der Waals surface area contributed by atoms with E-state index in [-0.39, 0.29) is 0 Å². The van der Waals surface area contributed by atoms with Crippen molar-refractivity contribution in [2.45, 2.75) is 6.42 Å². The van der Waals surface area contributed by atoms with Crippen LogP contribution < -0.4 is 9.64 Å². The van der Waals surface area contributed by atoms with Gasteiger partial charge in [0.25, 0.3) is 6.01 Å². The lowest BCUT2D eigenvalue weighted by Gasteiger charge is -2.28. The van der Waals surface area contributed by atoms with Crippen LogP contribution in [0.25, 0.3) is 11.1 Å². The molecule has 1 fully saturated rings.